The Labute approximate surface area is 376 Å². The number of nitrogens with one attached hydrogen (secondary N) is 1. The lowest BCUT2D eigenvalue weighted by Gasteiger charge is -2.50. The van der Waals surface area contributed by atoms with E-state index in [-0.39, 0.29) is 29.4 Å². The molecule has 0 unspecified atom stereocenters. The lowest BCUT2D eigenvalue weighted by molar-refractivity contribution is -0.139. The minimum absolute atomic E-state index is 0.0474. The molecular weight excluding hydrogens is 898 g/mol. The van der Waals surface area contributed by atoms with Gasteiger partial charge in [-0.3, -0.25) is 29.5 Å². The Morgan fingerprint density at radius 3 is 2.31 bits per heavy atom. The van der Waals surface area contributed by atoms with Crippen molar-refractivity contribution >= 4 is 81.0 Å². The number of hydrazine groups is 1. The van der Waals surface area contributed by atoms with Crippen molar-refractivity contribution in [3.63, 3.8) is 0 Å². The smallest absolute Gasteiger partial charge is 0.417 e. The number of benzene rings is 4. The van der Waals surface area contributed by atoms with Gasteiger partial charge in [0.05, 0.1) is 51.6 Å². The highest BCUT2D eigenvalue weighted by Crippen LogP contribution is 2.65. The zero-order chi connectivity index (χ0) is 45.0. The Morgan fingerprint density at radius 1 is 0.891 bits per heavy atom. The van der Waals surface area contributed by atoms with Gasteiger partial charge in [0.25, 0.3) is 11.8 Å². The van der Waals surface area contributed by atoms with Gasteiger partial charge < -0.3 is 14.3 Å². The molecule has 2 aliphatic heterocycles. The number of phenolic OH excluding ortho intramolecular Hbond substituents is 1. The highest BCUT2D eigenvalue weighted by Gasteiger charge is 2.70. The highest BCUT2D eigenvalue weighted by atomic mass is 35.5. The lowest BCUT2D eigenvalue weighted by atomic mass is 9.49. The van der Waals surface area contributed by atoms with Gasteiger partial charge in [0.2, 0.25) is 17.7 Å². The monoisotopic (exact) mass is 927 g/mol. The van der Waals surface area contributed by atoms with E-state index in [1.165, 1.54) is 19.2 Å². The average Bonchev–Trinajstić information content (AvgIpc) is 3.89. The Kier molecular flexibility index (Phi) is 9.81. The summed E-state index contributed by atoms with van der Waals surface area (Å²) in [6.45, 7) is 0. The van der Waals surface area contributed by atoms with Gasteiger partial charge in [0.15, 0.2) is 22.9 Å². The number of allylic oxidation sites excluding steroid dienone is 2. The normalized spacial score (nSPS) is 24.2. The fourth-order valence-corrected chi connectivity index (χ4v) is 10.6. The van der Waals surface area contributed by atoms with E-state index in [0.29, 0.717) is 67.2 Å². The van der Waals surface area contributed by atoms with Crippen molar-refractivity contribution in [1.29, 1.82) is 0 Å². The molecule has 2 saturated heterocycles. The first-order valence-corrected chi connectivity index (χ1v) is 21.0. The number of halogens is 6. The van der Waals surface area contributed by atoms with E-state index in [4.69, 9.17) is 44.0 Å². The van der Waals surface area contributed by atoms with Crippen LogP contribution in [0.3, 0.4) is 0 Å². The molecule has 0 radical (unpaired) electrons. The Balaban J connectivity index is 1.09. The number of aromatic nitrogens is 2. The molecule has 12 nitrogen and oxygen atoms in total. The molecule has 6 aromatic rings. The summed E-state index contributed by atoms with van der Waals surface area (Å²) in [5.74, 6) is -8.08. The minimum Gasteiger partial charge on any atom is -0.503 e. The topological polar surface area (TPSA) is 155 Å². The number of hydrogen-bond donors (Lipinski definition) is 2. The quantitative estimate of drug-likeness (QED) is 0.117. The SMILES string of the molecule is COc1cc([C@H]2C3=CC[C@@H]4C(=O)N(c5ccc(-c6nc7ccccc7o6)cc5)C(=O)[C@@H]4[C@@H]3C[C@H]3C(=O)N(Nc4ncc(C(F)(F)F)cc4Cl)C(=O)[C@@]23c2ccc(Cl)cc2)cc(Cl)c1O. The van der Waals surface area contributed by atoms with E-state index in [0.717, 1.165) is 4.90 Å². The standard InChI is InChI=1S/C46H31Cl3F3N5O7/c1-63-35-17-22(16-31(48)38(35)58)37-27-14-15-28-36(43(61)56(41(28)59)26-12-6-21(7-13-26)40-54-33-4-2-3-5-34(33)64-40)29(27)19-30-42(60)57(44(62)45(30,37)23-8-10-25(47)11-9-23)55-39-32(49)18-24(20-53-39)46(50,51)52/h2-14,16-18,20,28-30,36-37,58H,15,19H2,1H3,(H,53,55)/t28-,29+,30-,36-,37-,45+/m0/s1. The molecular formula is C46H31Cl3F3N5O7. The van der Waals surface area contributed by atoms with Crippen LogP contribution in [0, 0.1) is 23.7 Å². The summed E-state index contributed by atoms with van der Waals surface area (Å²) in [4.78, 5) is 69.3. The number of methoxy groups -OCH3 is 1. The fraction of sp³-hybridized carbons (Fsp3) is 0.217. The molecule has 4 aliphatic rings. The van der Waals surface area contributed by atoms with Crippen LogP contribution >= 0.6 is 34.8 Å². The molecule has 18 heteroatoms. The zero-order valence-corrected chi connectivity index (χ0v) is 35.3. The molecule has 2 aromatic heterocycles. The summed E-state index contributed by atoms with van der Waals surface area (Å²) >= 11 is 19.3. The van der Waals surface area contributed by atoms with E-state index in [1.807, 2.05) is 24.3 Å². The van der Waals surface area contributed by atoms with Gasteiger partial charge in [-0.2, -0.15) is 18.2 Å². The summed E-state index contributed by atoms with van der Waals surface area (Å²) in [5.41, 5.74) is 3.01. The van der Waals surface area contributed by atoms with E-state index < -0.39 is 81.2 Å². The van der Waals surface area contributed by atoms with Crippen LogP contribution in [0.5, 0.6) is 11.5 Å². The number of alkyl halides is 3. The number of fused-ring (bicyclic) bond motifs is 5. The first-order chi connectivity index (χ1) is 30.6. The number of carbonyl (C=O) groups excluding carboxylic acids is 4. The first kappa shape index (κ1) is 41.6. The average molecular weight is 929 g/mol. The van der Waals surface area contributed by atoms with Crippen LogP contribution in [0.1, 0.15) is 35.4 Å². The highest BCUT2D eigenvalue weighted by molar-refractivity contribution is 6.33. The number of hydrogen-bond acceptors (Lipinski definition) is 10. The van der Waals surface area contributed by atoms with Crippen molar-refractivity contribution in [3.05, 3.63) is 141 Å². The van der Waals surface area contributed by atoms with Gasteiger partial charge in [-0.05, 0) is 96.6 Å². The van der Waals surface area contributed by atoms with Crippen LogP contribution in [-0.4, -0.2) is 50.8 Å². The summed E-state index contributed by atoms with van der Waals surface area (Å²) < 4.78 is 52.2. The molecule has 4 amide bonds. The summed E-state index contributed by atoms with van der Waals surface area (Å²) in [7, 11) is 1.31. The van der Waals surface area contributed by atoms with Crippen molar-refractivity contribution in [3.8, 4) is 23.0 Å². The Morgan fingerprint density at radius 2 is 1.62 bits per heavy atom. The maximum Gasteiger partial charge on any atom is 0.417 e. The second-order valence-corrected chi connectivity index (χ2v) is 17.3. The molecule has 1 saturated carbocycles. The van der Waals surface area contributed by atoms with Crippen molar-refractivity contribution in [2.45, 2.75) is 30.4 Å². The number of ether oxygens (including phenoxy) is 1. The van der Waals surface area contributed by atoms with Crippen LogP contribution in [0.4, 0.5) is 24.7 Å². The van der Waals surface area contributed by atoms with Gasteiger partial charge in [-0.15, -0.1) is 0 Å². The van der Waals surface area contributed by atoms with Gasteiger partial charge in [-0.25, -0.2) is 9.97 Å². The number of para-hydroxylation sites is 2. The maximum absolute atomic E-state index is 15.5. The van der Waals surface area contributed by atoms with Gasteiger partial charge in [0, 0.05) is 22.7 Å². The zero-order valence-electron chi connectivity index (χ0n) is 33.1. The van der Waals surface area contributed by atoms with Crippen LogP contribution in [0.25, 0.3) is 22.6 Å². The first-order valence-electron chi connectivity index (χ1n) is 19.9. The second kappa shape index (κ2) is 15.1. The third-order valence-corrected chi connectivity index (χ3v) is 13.7. The number of carbonyl (C=O) groups is 4. The van der Waals surface area contributed by atoms with Crippen LogP contribution in [0.15, 0.2) is 113 Å². The molecule has 10 rings (SSSR count). The minimum atomic E-state index is -4.78. The predicted molar refractivity (Wildman–Crippen MR) is 228 cm³/mol. The van der Waals surface area contributed by atoms with Crippen LogP contribution < -0.4 is 15.1 Å². The van der Waals surface area contributed by atoms with E-state index in [1.54, 1.807) is 54.6 Å². The van der Waals surface area contributed by atoms with Crippen molar-refractivity contribution in [1.82, 2.24) is 15.0 Å². The van der Waals surface area contributed by atoms with Crippen molar-refractivity contribution < 1.29 is 46.6 Å². The van der Waals surface area contributed by atoms with Crippen LogP contribution in [-0.2, 0) is 30.8 Å². The molecule has 4 aromatic carbocycles. The van der Waals surface area contributed by atoms with Gasteiger partial charge >= 0.3 is 6.18 Å². The number of nitrogens with zero attached hydrogens (tertiary/aromatic N) is 4. The number of anilines is 2. The molecule has 3 fully saturated rings. The maximum atomic E-state index is 15.5. The summed E-state index contributed by atoms with van der Waals surface area (Å²) in [6.07, 6.45) is -2.46. The number of pyridine rings is 1. The molecule has 64 heavy (non-hydrogen) atoms. The summed E-state index contributed by atoms with van der Waals surface area (Å²) in [6, 6.07) is 23.8. The second-order valence-electron chi connectivity index (χ2n) is 16.0. The number of imide groups is 2. The van der Waals surface area contributed by atoms with E-state index in [2.05, 4.69) is 15.4 Å². The number of rotatable bonds is 7. The van der Waals surface area contributed by atoms with E-state index in [9.17, 15) is 27.9 Å². The van der Waals surface area contributed by atoms with Crippen LogP contribution in [0.2, 0.25) is 15.1 Å². The number of phenols is 1. The largest absolute Gasteiger partial charge is 0.503 e. The molecule has 6 atom stereocenters. The van der Waals surface area contributed by atoms with Crippen molar-refractivity contribution in [2.24, 2.45) is 23.7 Å². The number of oxazole rings is 1. The number of amides is 4. The van der Waals surface area contributed by atoms with E-state index >= 15 is 9.59 Å². The lowest BCUT2D eigenvalue weighted by Crippen LogP contribution is -2.53. The molecule has 2 N–H and O–H groups in total. The van der Waals surface area contributed by atoms with Gasteiger partial charge in [0.1, 0.15) is 5.52 Å². The number of aromatic hydroxyl groups is 1. The molecule has 0 bridgehead atoms. The molecule has 0 spiro atoms. The fourth-order valence-electron chi connectivity index (χ4n) is 10.1. The summed E-state index contributed by atoms with van der Waals surface area (Å²) in [5, 5.41) is 11.2. The molecule has 324 valence electrons. The molecule has 4 heterocycles. The Hall–Kier alpha value is -6.42. The third kappa shape index (κ3) is 6.26. The third-order valence-electron chi connectivity index (χ3n) is 12.8. The van der Waals surface area contributed by atoms with Crippen molar-refractivity contribution in [2.75, 3.05) is 17.4 Å². The van der Waals surface area contributed by atoms with Gasteiger partial charge in [-0.1, -0.05) is 70.7 Å². The predicted octanol–water partition coefficient (Wildman–Crippen LogP) is 9.77. The molecule has 2 aliphatic carbocycles. The Bertz CT molecular complexity index is 2970.